The summed E-state index contributed by atoms with van der Waals surface area (Å²) in [6.07, 6.45) is 0. The predicted octanol–water partition coefficient (Wildman–Crippen LogP) is 1.53. The Hall–Kier alpha value is -2.38. The van der Waals surface area contributed by atoms with E-state index in [1.54, 1.807) is 0 Å². The fourth-order valence-electron chi connectivity index (χ4n) is 1.29. The lowest BCUT2D eigenvalue weighted by atomic mass is 10.1. The molecule has 0 unspecified atom stereocenters. The standard InChI is InChI=1S/C8H8N2O6/c1-4-5(9(12)13)3-6(16-2)8(11)7(4)10(14)15/h3,11H,1-2H3. The molecule has 0 amide bonds. The van der Waals surface area contributed by atoms with E-state index < -0.39 is 27.0 Å². The van der Waals surface area contributed by atoms with Crippen molar-refractivity contribution in [3.05, 3.63) is 31.9 Å². The van der Waals surface area contributed by atoms with Crippen molar-refractivity contribution < 1.29 is 19.7 Å². The van der Waals surface area contributed by atoms with E-state index in [1.165, 1.54) is 6.92 Å². The van der Waals surface area contributed by atoms with E-state index in [1.807, 2.05) is 0 Å². The average Bonchev–Trinajstić information content (AvgIpc) is 2.16. The SMILES string of the molecule is COc1cc([N+](=O)[O-])c(C)c([N+](=O)[O-])c1O. The van der Waals surface area contributed by atoms with Crippen LogP contribution in [0.25, 0.3) is 0 Å². The number of phenols is 1. The topological polar surface area (TPSA) is 116 Å². The molecular weight excluding hydrogens is 220 g/mol. The molecule has 1 aromatic carbocycles. The maximum absolute atomic E-state index is 10.7. The molecule has 0 aromatic heterocycles. The van der Waals surface area contributed by atoms with Crippen molar-refractivity contribution in [2.75, 3.05) is 7.11 Å². The highest BCUT2D eigenvalue weighted by Gasteiger charge is 2.29. The molecule has 0 aliphatic carbocycles. The molecular formula is C8H8N2O6. The van der Waals surface area contributed by atoms with E-state index in [0.29, 0.717) is 0 Å². The van der Waals surface area contributed by atoms with E-state index in [0.717, 1.165) is 13.2 Å². The second-order valence-electron chi connectivity index (χ2n) is 2.93. The number of aromatic hydroxyl groups is 1. The van der Waals surface area contributed by atoms with Crippen LogP contribution in [-0.4, -0.2) is 22.1 Å². The monoisotopic (exact) mass is 228 g/mol. The van der Waals surface area contributed by atoms with Gasteiger partial charge in [0.05, 0.1) is 23.0 Å². The Balaban J connectivity index is 3.64. The first kappa shape index (κ1) is 11.7. The molecule has 0 spiro atoms. The summed E-state index contributed by atoms with van der Waals surface area (Å²) in [6, 6.07) is 0.942. The molecule has 0 bridgehead atoms. The van der Waals surface area contributed by atoms with Crippen LogP contribution in [0, 0.1) is 27.2 Å². The van der Waals surface area contributed by atoms with Gasteiger partial charge >= 0.3 is 5.69 Å². The Morgan fingerprint density at radius 3 is 2.25 bits per heavy atom. The number of rotatable bonds is 3. The highest BCUT2D eigenvalue weighted by molar-refractivity contribution is 5.67. The average molecular weight is 228 g/mol. The van der Waals surface area contributed by atoms with Gasteiger partial charge in [-0.25, -0.2) is 0 Å². The fourth-order valence-corrected chi connectivity index (χ4v) is 1.29. The van der Waals surface area contributed by atoms with Crippen molar-refractivity contribution in [3.8, 4) is 11.5 Å². The van der Waals surface area contributed by atoms with E-state index in [2.05, 4.69) is 4.74 Å². The van der Waals surface area contributed by atoms with E-state index >= 15 is 0 Å². The smallest absolute Gasteiger partial charge is 0.324 e. The number of benzene rings is 1. The summed E-state index contributed by atoms with van der Waals surface area (Å²) in [4.78, 5) is 19.6. The first-order valence-electron chi connectivity index (χ1n) is 4.09. The van der Waals surface area contributed by atoms with Crippen molar-refractivity contribution in [1.29, 1.82) is 0 Å². The van der Waals surface area contributed by atoms with Crippen LogP contribution in [0.1, 0.15) is 5.56 Å². The minimum absolute atomic E-state index is 0.215. The second kappa shape index (κ2) is 4.01. The van der Waals surface area contributed by atoms with E-state index in [4.69, 9.17) is 0 Å². The van der Waals surface area contributed by atoms with Crippen molar-refractivity contribution in [2.24, 2.45) is 0 Å². The van der Waals surface area contributed by atoms with Gasteiger partial charge in [-0.05, 0) is 6.92 Å². The van der Waals surface area contributed by atoms with Crippen LogP contribution in [0.5, 0.6) is 11.5 Å². The van der Waals surface area contributed by atoms with E-state index in [-0.39, 0.29) is 11.3 Å². The molecule has 0 aliphatic rings. The molecule has 0 saturated heterocycles. The van der Waals surface area contributed by atoms with Gasteiger partial charge < -0.3 is 9.84 Å². The number of phenolic OH excluding ortho intramolecular Hbond substituents is 1. The minimum Gasteiger partial charge on any atom is -0.500 e. The summed E-state index contributed by atoms with van der Waals surface area (Å²) < 4.78 is 4.62. The zero-order chi connectivity index (χ0) is 12.5. The summed E-state index contributed by atoms with van der Waals surface area (Å²) in [5.41, 5.74) is -1.40. The molecule has 86 valence electrons. The van der Waals surface area contributed by atoms with E-state index in [9.17, 15) is 25.3 Å². The highest BCUT2D eigenvalue weighted by atomic mass is 16.6. The summed E-state index contributed by atoms with van der Waals surface area (Å²) in [5.74, 6) is -1.01. The Labute approximate surface area is 89.4 Å². The number of nitrogens with zero attached hydrogens (tertiary/aromatic N) is 2. The van der Waals surface area contributed by atoms with Crippen LogP contribution in [-0.2, 0) is 0 Å². The molecule has 1 aromatic rings. The Bertz CT molecular complexity index is 470. The van der Waals surface area contributed by atoms with Crippen LogP contribution in [0.3, 0.4) is 0 Å². The number of nitro benzene ring substituents is 2. The van der Waals surface area contributed by atoms with Gasteiger partial charge in [0.15, 0.2) is 5.75 Å². The molecule has 0 saturated carbocycles. The summed E-state index contributed by atoms with van der Waals surface area (Å²) in [5, 5.41) is 30.7. The normalized spacial score (nSPS) is 9.88. The maximum atomic E-state index is 10.7. The van der Waals surface area contributed by atoms with Gasteiger partial charge in [0, 0.05) is 0 Å². The zero-order valence-corrected chi connectivity index (χ0v) is 8.46. The van der Waals surface area contributed by atoms with Crippen LogP contribution in [0.4, 0.5) is 11.4 Å². The Morgan fingerprint density at radius 2 is 1.88 bits per heavy atom. The molecule has 0 radical (unpaired) electrons. The number of ether oxygens (including phenoxy) is 1. The van der Waals surface area contributed by atoms with Gasteiger partial charge in [-0.3, -0.25) is 20.2 Å². The third-order valence-electron chi connectivity index (χ3n) is 2.06. The van der Waals surface area contributed by atoms with Gasteiger partial charge in [0.25, 0.3) is 5.69 Å². The molecule has 0 aliphatic heterocycles. The first-order chi connectivity index (χ1) is 7.40. The molecule has 1 rings (SSSR count). The largest absolute Gasteiger partial charge is 0.500 e. The maximum Gasteiger partial charge on any atom is 0.324 e. The molecule has 8 heteroatoms. The number of nitro groups is 2. The molecule has 0 fully saturated rings. The Kier molecular flexibility index (Phi) is 2.93. The zero-order valence-electron chi connectivity index (χ0n) is 8.46. The van der Waals surface area contributed by atoms with Gasteiger partial charge in [-0.2, -0.15) is 0 Å². The van der Waals surface area contributed by atoms with Crippen LogP contribution in [0.15, 0.2) is 6.07 Å². The molecule has 0 heterocycles. The predicted molar refractivity (Wildman–Crippen MR) is 52.7 cm³/mol. The van der Waals surface area contributed by atoms with Gasteiger partial charge in [0.1, 0.15) is 5.56 Å². The minimum atomic E-state index is -0.889. The second-order valence-corrected chi connectivity index (χ2v) is 2.93. The van der Waals surface area contributed by atoms with Gasteiger partial charge in [-0.1, -0.05) is 0 Å². The molecule has 8 nitrogen and oxygen atoms in total. The quantitative estimate of drug-likeness (QED) is 0.619. The van der Waals surface area contributed by atoms with Crippen molar-refractivity contribution in [2.45, 2.75) is 6.92 Å². The fraction of sp³-hybridized carbons (Fsp3) is 0.250. The lowest BCUT2D eigenvalue weighted by Gasteiger charge is -2.06. The number of hydrogen-bond acceptors (Lipinski definition) is 6. The summed E-state index contributed by atoms with van der Waals surface area (Å²) in [7, 11) is 1.15. The molecule has 0 atom stereocenters. The van der Waals surface area contributed by atoms with Crippen LogP contribution in [0.2, 0.25) is 0 Å². The third kappa shape index (κ3) is 1.72. The van der Waals surface area contributed by atoms with Crippen molar-refractivity contribution in [3.63, 3.8) is 0 Å². The third-order valence-corrected chi connectivity index (χ3v) is 2.06. The Morgan fingerprint density at radius 1 is 1.31 bits per heavy atom. The number of methoxy groups -OCH3 is 1. The summed E-state index contributed by atoms with van der Waals surface area (Å²) >= 11 is 0. The first-order valence-corrected chi connectivity index (χ1v) is 4.09. The van der Waals surface area contributed by atoms with Crippen LogP contribution < -0.4 is 4.74 Å². The van der Waals surface area contributed by atoms with Gasteiger partial charge in [0.2, 0.25) is 5.75 Å². The highest BCUT2D eigenvalue weighted by Crippen LogP contribution is 2.42. The number of hydrogen-bond donors (Lipinski definition) is 1. The van der Waals surface area contributed by atoms with Crippen molar-refractivity contribution in [1.82, 2.24) is 0 Å². The van der Waals surface area contributed by atoms with Crippen molar-refractivity contribution >= 4 is 11.4 Å². The molecule has 1 N–H and O–H groups in total. The van der Waals surface area contributed by atoms with Gasteiger partial charge in [-0.15, -0.1) is 0 Å². The van der Waals surface area contributed by atoms with Crippen LogP contribution >= 0.6 is 0 Å². The summed E-state index contributed by atoms with van der Waals surface area (Å²) in [6.45, 7) is 1.19. The molecule has 16 heavy (non-hydrogen) atoms. The lowest BCUT2D eigenvalue weighted by molar-refractivity contribution is -0.396. The lowest BCUT2D eigenvalue weighted by Crippen LogP contribution is -1.99.